The lowest BCUT2D eigenvalue weighted by atomic mass is 10.3. The van der Waals surface area contributed by atoms with Gasteiger partial charge in [-0.15, -0.1) is 0 Å². The number of ether oxygens (including phenoxy) is 1. The smallest absolute Gasteiger partial charge is 0.237 e. The van der Waals surface area contributed by atoms with Crippen molar-refractivity contribution in [2.75, 3.05) is 26.1 Å². The fraction of sp³-hybridized carbons (Fsp3) is 0.875. The third kappa shape index (κ3) is 2.38. The zero-order chi connectivity index (χ0) is 8.97. The summed E-state index contributed by atoms with van der Waals surface area (Å²) in [6.45, 7) is 4.05. The third-order valence-corrected chi connectivity index (χ3v) is 2.89. The van der Waals surface area contributed by atoms with E-state index < -0.39 is 0 Å². The summed E-state index contributed by atoms with van der Waals surface area (Å²) in [5, 5.41) is 0.0618. The van der Waals surface area contributed by atoms with E-state index >= 15 is 0 Å². The molecule has 0 aromatic rings. The van der Waals surface area contributed by atoms with E-state index in [4.69, 9.17) is 4.74 Å². The van der Waals surface area contributed by atoms with E-state index in [9.17, 15) is 4.79 Å². The minimum atomic E-state index is 0.0618. The van der Waals surface area contributed by atoms with Gasteiger partial charge in [0, 0.05) is 6.54 Å². The quantitative estimate of drug-likeness (QED) is 0.647. The predicted molar refractivity (Wildman–Crippen MR) is 50.1 cm³/mol. The first kappa shape index (κ1) is 9.86. The van der Waals surface area contributed by atoms with E-state index in [1.807, 2.05) is 13.2 Å². The zero-order valence-corrected chi connectivity index (χ0v) is 8.39. The molecule has 4 heteroatoms. The largest absolute Gasteiger partial charge is 0.361 e. The van der Waals surface area contributed by atoms with E-state index in [2.05, 4.69) is 0 Å². The third-order valence-electron chi connectivity index (χ3n) is 1.98. The molecule has 1 saturated heterocycles. The Balaban J connectivity index is 2.39. The van der Waals surface area contributed by atoms with Gasteiger partial charge in [0.25, 0.3) is 0 Å². The van der Waals surface area contributed by atoms with Crippen LogP contribution in [0.25, 0.3) is 0 Å². The number of amides is 1. The Morgan fingerprint density at radius 3 is 2.92 bits per heavy atom. The second-order valence-corrected chi connectivity index (χ2v) is 4.05. The molecule has 1 unspecified atom stereocenters. The highest BCUT2D eigenvalue weighted by Crippen LogP contribution is 2.11. The van der Waals surface area contributed by atoms with Crippen LogP contribution in [0.15, 0.2) is 0 Å². The minimum absolute atomic E-state index is 0.0618. The van der Waals surface area contributed by atoms with Crippen LogP contribution in [0.4, 0.5) is 0 Å². The number of rotatable bonds is 2. The van der Waals surface area contributed by atoms with Crippen molar-refractivity contribution in [3.05, 3.63) is 0 Å². The van der Waals surface area contributed by atoms with Crippen LogP contribution in [0.2, 0.25) is 0 Å². The van der Waals surface area contributed by atoms with Crippen LogP contribution in [0.3, 0.4) is 0 Å². The molecular weight excluding hydrogens is 174 g/mol. The lowest BCUT2D eigenvalue weighted by molar-refractivity contribution is -0.139. The van der Waals surface area contributed by atoms with Crippen molar-refractivity contribution in [2.24, 2.45) is 0 Å². The highest BCUT2D eigenvalue weighted by molar-refractivity contribution is 7.99. The predicted octanol–water partition coefficient (Wildman–Crippen LogP) is 0.944. The number of carbonyl (C=O) groups is 1. The molecule has 0 bridgehead atoms. The van der Waals surface area contributed by atoms with Crippen molar-refractivity contribution in [1.82, 2.24) is 4.90 Å². The van der Waals surface area contributed by atoms with Crippen molar-refractivity contribution in [3.8, 4) is 0 Å². The Morgan fingerprint density at radius 2 is 2.42 bits per heavy atom. The van der Waals surface area contributed by atoms with Gasteiger partial charge in [0.1, 0.15) is 6.73 Å². The minimum Gasteiger partial charge on any atom is -0.361 e. The van der Waals surface area contributed by atoms with Gasteiger partial charge >= 0.3 is 0 Å². The topological polar surface area (TPSA) is 29.5 Å². The second kappa shape index (κ2) is 4.72. The van der Waals surface area contributed by atoms with Crippen LogP contribution in [0, 0.1) is 0 Å². The molecule has 0 spiro atoms. The second-order valence-electron chi connectivity index (χ2n) is 2.87. The van der Waals surface area contributed by atoms with Crippen LogP contribution >= 0.6 is 11.8 Å². The zero-order valence-electron chi connectivity index (χ0n) is 7.58. The van der Waals surface area contributed by atoms with Crippen LogP contribution in [-0.4, -0.2) is 42.2 Å². The summed E-state index contributed by atoms with van der Waals surface area (Å²) in [6, 6.07) is 0. The average Bonchev–Trinajstić information content (AvgIpc) is 2.17. The molecule has 1 amide bonds. The van der Waals surface area contributed by atoms with E-state index in [1.54, 1.807) is 16.7 Å². The first-order chi connectivity index (χ1) is 5.75. The summed E-state index contributed by atoms with van der Waals surface area (Å²) in [7, 11) is 0. The number of nitrogens with zero attached hydrogens (tertiary/aromatic N) is 1. The fourth-order valence-corrected chi connectivity index (χ4v) is 1.48. The molecule has 0 radical (unpaired) electrons. The van der Waals surface area contributed by atoms with Gasteiger partial charge in [0.05, 0.1) is 11.9 Å². The number of thioether (sulfide) groups is 1. The van der Waals surface area contributed by atoms with Crippen molar-refractivity contribution < 1.29 is 9.53 Å². The molecule has 1 atom stereocenters. The molecule has 1 rings (SSSR count). The Labute approximate surface area is 77.4 Å². The molecule has 0 saturated carbocycles. The molecule has 1 aliphatic heterocycles. The lowest BCUT2D eigenvalue weighted by Crippen LogP contribution is -2.41. The van der Waals surface area contributed by atoms with Crippen LogP contribution in [0.1, 0.15) is 13.3 Å². The number of carbonyl (C=O) groups excluding carboxylic acids is 1. The van der Waals surface area contributed by atoms with E-state index in [1.165, 1.54) is 0 Å². The molecule has 70 valence electrons. The lowest BCUT2D eigenvalue weighted by Gasteiger charge is -2.28. The molecular formula is C8H15NO2S. The Morgan fingerprint density at radius 1 is 1.67 bits per heavy atom. The molecule has 0 aromatic heterocycles. The molecule has 3 nitrogen and oxygen atoms in total. The average molecular weight is 189 g/mol. The van der Waals surface area contributed by atoms with E-state index in [0.29, 0.717) is 6.73 Å². The van der Waals surface area contributed by atoms with Gasteiger partial charge in [0.2, 0.25) is 5.91 Å². The monoisotopic (exact) mass is 189 g/mol. The highest BCUT2D eigenvalue weighted by atomic mass is 32.2. The van der Waals surface area contributed by atoms with Gasteiger partial charge in [-0.05, 0) is 19.6 Å². The Kier molecular flexibility index (Phi) is 3.88. The summed E-state index contributed by atoms with van der Waals surface area (Å²) in [4.78, 5) is 13.3. The molecule has 1 fully saturated rings. The van der Waals surface area contributed by atoms with Crippen LogP contribution < -0.4 is 0 Å². The number of hydrogen-bond donors (Lipinski definition) is 0. The van der Waals surface area contributed by atoms with Crippen LogP contribution in [0.5, 0.6) is 0 Å². The van der Waals surface area contributed by atoms with Gasteiger partial charge in [-0.1, -0.05) is 0 Å². The standard InChI is InChI=1S/C8H15NO2S/c1-7(12-2)8(10)9-4-3-5-11-6-9/h7H,3-6H2,1-2H3. The maximum atomic E-state index is 11.6. The first-order valence-corrected chi connectivity index (χ1v) is 5.44. The summed E-state index contributed by atoms with van der Waals surface area (Å²) >= 11 is 1.58. The molecule has 1 heterocycles. The summed E-state index contributed by atoms with van der Waals surface area (Å²) < 4.78 is 5.19. The molecule has 0 N–H and O–H groups in total. The summed E-state index contributed by atoms with van der Waals surface area (Å²) in [6.07, 6.45) is 2.92. The van der Waals surface area contributed by atoms with Gasteiger partial charge in [-0.2, -0.15) is 11.8 Å². The Bertz CT molecular complexity index is 157. The number of hydrogen-bond acceptors (Lipinski definition) is 3. The van der Waals surface area contributed by atoms with Gasteiger partial charge in [-0.25, -0.2) is 0 Å². The maximum Gasteiger partial charge on any atom is 0.237 e. The Hall–Kier alpha value is -0.220. The van der Waals surface area contributed by atoms with E-state index in [0.717, 1.165) is 19.6 Å². The highest BCUT2D eigenvalue weighted by Gasteiger charge is 2.21. The fourth-order valence-electron chi connectivity index (χ4n) is 1.13. The van der Waals surface area contributed by atoms with Crippen molar-refractivity contribution in [3.63, 3.8) is 0 Å². The molecule has 0 aliphatic carbocycles. The summed E-state index contributed by atoms with van der Waals surface area (Å²) in [5.41, 5.74) is 0. The van der Waals surface area contributed by atoms with Gasteiger partial charge < -0.3 is 9.64 Å². The van der Waals surface area contributed by atoms with Crippen molar-refractivity contribution in [1.29, 1.82) is 0 Å². The van der Waals surface area contributed by atoms with Crippen LogP contribution in [-0.2, 0) is 9.53 Å². The first-order valence-electron chi connectivity index (χ1n) is 4.15. The van der Waals surface area contributed by atoms with Crippen molar-refractivity contribution in [2.45, 2.75) is 18.6 Å². The SMILES string of the molecule is CSC(C)C(=O)N1CCCOC1. The van der Waals surface area contributed by atoms with Crippen molar-refractivity contribution >= 4 is 17.7 Å². The molecule has 1 aliphatic rings. The maximum absolute atomic E-state index is 11.6. The molecule has 12 heavy (non-hydrogen) atoms. The van der Waals surface area contributed by atoms with Gasteiger partial charge in [0.15, 0.2) is 0 Å². The summed E-state index contributed by atoms with van der Waals surface area (Å²) in [5.74, 6) is 0.196. The normalized spacial score (nSPS) is 20.7. The molecule has 0 aromatic carbocycles. The van der Waals surface area contributed by atoms with E-state index in [-0.39, 0.29) is 11.2 Å². The van der Waals surface area contributed by atoms with Gasteiger partial charge in [-0.3, -0.25) is 4.79 Å².